The third kappa shape index (κ3) is 4.07. The van der Waals surface area contributed by atoms with E-state index in [9.17, 15) is 5.11 Å². The van der Waals surface area contributed by atoms with Gasteiger partial charge >= 0.3 is 0 Å². The van der Waals surface area contributed by atoms with Crippen molar-refractivity contribution in [3.05, 3.63) is 0 Å². The van der Waals surface area contributed by atoms with Crippen molar-refractivity contribution in [3.63, 3.8) is 0 Å². The summed E-state index contributed by atoms with van der Waals surface area (Å²) in [6.07, 6.45) is 4.52. The van der Waals surface area contributed by atoms with Gasteiger partial charge in [0.25, 0.3) is 0 Å². The zero-order valence-corrected chi connectivity index (χ0v) is 8.88. The highest BCUT2D eigenvalue weighted by molar-refractivity contribution is 4.67. The molecule has 2 atom stereocenters. The summed E-state index contributed by atoms with van der Waals surface area (Å²) in [7, 11) is 1.99. The van der Waals surface area contributed by atoms with E-state index in [4.69, 9.17) is 0 Å². The van der Waals surface area contributed by atoms with Crippen LogP contribution < -0.4 is 0 Å². The lowest BCUT2D eigenvalue weighted by molar-refractivity contribution is 0.00434. The van der Waals surface area contributed by atoms with Crippen molar-refractivity contribution in [2.24, 2.45) is 0 Å². The Balaban J connectivity index is 3.79. The molecule has 0 aromatic heterocycles. The Morgan fingerprint density at radius 1 is 1.33 bits per heavy atom. The average Bonchev–Trinajstić information content (AvgIpc) is 2.05. The van der Waals surface area contributed by atoms with Crippen molar-refractivity contribution < 1.29 is 5.11 Å². The molecule has 0 aromatic rings. The minimum atomic E-state index is -0.313. The highest BCUT2D eigenvalue weighted by Gasteiger charge is 2.15. The normalized spacial score (nSPS) is 16.5. The number of aliphatic hydroxyl groups excluding tert-OH is 1. The second kappa shape index (κ2) is 6.44. The Hall–Kier alpha value is -0.0800. The number of hydrogen-bond acceptors (Lipinski definition) is 2. The second-order valence-electron chi connectivity index (χ2n) is 3.50. The lowest BCUT2D eigenvalue weighted by atomic mass is 10.1. The van der Waals surface area contributed by atoms with Gasteiger partial charge in [0.1, 0.15) is 6.23 Å². The number of nitrogens with zero attached hydrogens (tertiary/aromatic N) is 1. The molecule has 0 radical (unpaired) electrons. The molecule has 2 nitrogen and oxygen atoms in total. The molecule has 12 heavy (non-hydrogen) atoms. The number of aliphatic hydroxyl groups is 1. The molecule has 0 aromatic carbocycles. The van der Waals surface area contributed by atoms with Gasteiger partial charge < -0.3 is 5.11 Å². The van der Waals surface area contributed by atoms with E-state index < -0.39 is 0 Å². The molecule has 0 aliphatic heterocycles. The summed E-state index contributed by atoms with van der Waals surface area (Å²) in [5.74, 6) is 0. The smallest absolute Gasteiger partial charge is 0.104 e. The van der Waals surface area contributed by atoms with Crippen LogP contribution in [0.1, 0.15) is 46.5 Å². The molecule has 0 aliphatic carbocycles. The summed E-state index contributed by atoms with van der Waals surface area (Å²) in [4.78, 5) is 2.05. The number of rotatable bonds is 6. The zero-order chi connectivity index (χ0) is 9.56. The third-order valence-corrected chi connectivity index (χ3v) is 2.53. The summed E-state index contributed by atoms with van der Waals surface area (Å²) >= 11 is 0. The molecule has 0 spiro atoms. The fourth-order valence-corrected chi connectivity index (χ4v) is 1.44. The molecule has 0 fully saturated rings. The summed E-state index contributed by atoms with van der Waals surface area (Å²) in [5, 5.41) is 9.35. The van der Waals surface area contributed by atoms with Crippen LogP contribution in [0.4, 0.5) is 0 Å². The minimum Gasteiger partial charge on any atom is -0.379 e. The molecule has 74 valence electrons. The van der Waals surface area contributed by atoms with Gasteiger partial charge in [-0.3, -0.25) is 4.90 Å². The van der Waals surface area contributed by atoms with Crippen molar-refractivity contribution >= 4 is 0 Å². The Kier molecular flexibility index (Phi) is 6.39. The van der Waals surface area contributed by atoms with Crippen molar-refractivity contribution in [1.82, 2.24) is 4.90 Å². The molecule has 1 N–H and O–H groups in total. The van der Waals surface area contributed by atoms with Crippen LogP contribution in [0.3, 0.4) is 0 Å². The highest BCUT2D eigenvalue weighted by Crippen LogP contribution is 2.12. The first kappa shape index (κ1) is 11.9. The van der Waals surface area contributed by atoms with Gasteiger partial charge in [-0.1, -0.05) is 26.7 Å². The predicted octanol–water partition coefficient (Wildman–Crippen LogP) is 2.23. The van der Waals surface area contributed by atoms with Crippen LogP contribution in [0.2, 0.25) is 0 Å². The lowest BCUT2D eigenvalue weighted by Gasteiger charge is -2.29. The molecule has 0 rings (SSSR count). The first-order valence-corrected chi connectivity index (χ1v) is 5.03. The van der Waals surface area contributed by atoms with E-state index >= 15 is 0 Å². The maximum absolute atomic E-state index is 9.35. The van der Waals surface area contributed by atoms with Crippen LogP contribution >= 0.6 is 0 Å². The Labute approximate surface area is 76.6 Å². The SMILES string of the molecule is CCCCC(CC)N(C)C(C)O. The quantitative estimate of drug-likeness (QED) is 0.623. The van der Waals surface area contributed by atoms with Crippen molar-refractivity contribution in [3.8, 4) is 0 Å². The van der Waals surface area contributed by atoms with Gasteiger partial charge in [-0.05, 0) is 26.8 Å². The lowest BCUT2D eigenvalue weighted by Crippen LogP contribution is -2.38. The van der Waals surface area contributed by atoms with Crippen LogP contribution in [0, 0.1) is 0 Å². The predicted molar refractivity (Wildman–Crippen MR) is 53.0 cm³/mol. The van der Waals surface area contributed by atoms with E-state index in [1.54, 1.807) is 0 Å². The van der Waals surface area contributed by atoms with Crippen molar-refractivity contribution in [2.45, 2.75) is 58.7 Å². The Bertz CT molecular complexity index is 104. The van der Waals surface area contributed by atoms with Crippen LogP contribution in [0.5, 0.6) is 0 Å². The van der Waals surface area contributed by atoms with Gasteiger partial charge in [-0.15, -0.1) is 0 Å². The molecule has 0 aliphatic rings. The van der Waals surface area contributed by atoms with E-state index in [0.29, 0.717) is 6.04 Å². The standard InChI is InChI=1S/C10H23NO/c1-5-7-8-10(6-2)11(4)9(3)12/h9-10,12H,5-8H2,1-4H3. The van der Waals surface area contributed by atoms with Gasteiger partial charge in [0.05, 0.1) is 0 Å². The Morgan fingerprint density at radius 2 is 1.92 bits per heavy atom. The van der Waals surface area contributed by atoms with E-state index in [1.807, 2.05) is 14.0 Å². The van der Waals surface area contributed by atoms with Gasteiger partial charge in [0.2, 0.25) is 0 Å². The fourth-order valence-electron chi connectivity index (χ4n) is 1.44. The van der Waals surface area contributed by atoms with Gasteiger partial charge in [-0.2, -0.15) is 0 Å². The van der Waals surface area contributed by atoms with E-state index in [-0.39, 0.29) is 6.23 Å². The maximum Gasteiger partial charge on any atom is 0.104 e. The summed E-state index contributed by atoms with van der Waals surface area (Å²) < 4.78 is 0. The number of unbranched alkanes of at least 4 members (excludes halogenated alkanes) is 1. The van der Waals surface area contributed by atoms with E-state index in [2.05, 4.69) is 18.7 Å². The highest BCUT2D eigenvalue weighted by atomic mass is 16.3. The van der Waals surface area contributed by atoms with E-state index in [0.717, 1.165) is 6.42 Å². The molecule has 0 heterocycles. The first-order chi connectivity index (χ1) is 5.63. The van der Waals surface area contributed by atoms with Crippen LogP contribution in [0.15, 0.2) is 0 Å². The molecule has 0 amide bonds. The minimum absolute atomic E-state index is 0.313. The topological polar surface area (TPSA) is 23.5 Å². The molecule has 2 heteroatoms. The Morgan fingerprint density at radius 3 is 2.25 bits per heavy atom. The average molecular weight is 173 g/mol. The summed E-state index contributed by atoms with van der Waals surface area (Å²) in [6, 6.07) is 0.546. The molecule has 2 unspecified atom stereocenters. The van der Waals surface area contributed by atoms with Gasteiger partial charge in [0, 0.05) is 6.04 Å². The van der Waals surface area contributed by atoms with Crippen LogP contribution in [0.25, 0.3) is 0 Å². The monoisotopic (exact) mass is 173 g/mol. The van der Waals surface area contributed by atoms with E-state index in [1.165, 1.54) is 19.3 Å². The van der Waals surface area contributed by atoms with Gasteiger partial charge in [0.15, 0.2) is 0 Å². The zero-order valence-electron chi connectivity index (χ0n) is 8.88. The van der Waals surface area contributed by atoms with Crippen LogP contribution in [-0.2, 0) is 0 Å². The second-order valence-corrected chi connectivity index (χ2v) is 3.50. The molecule has 0 saturated heterocycles. The maximum atomic E-state index is 9.35. The summed E-state index contributed by atoms with van der Waals surface area (Å²) in [5.41, 5.74) is 0. The molecule has 0 bridgehead atoms. The van der Waals surface area contributed by atoms with Crippen molar-refractivity contribution in [1.29, 1.82) is 0 Å². The molecule has 0 saturated carbocycles. The largest absolute Gasteiger partial charge is 0.379 e. The third-order valence-electron chi connectivity index (χ3n) is 2.53. The molecular weight excluding hydrogens is 150 g/mol. The molecular formula is C10H23NO. The van der Waals surface area contributed by atoms with Crippen molar-refractivity contribution in [2.75, 3.05) is 7.05 Å². The first-order valence-electron chi connectivity index (χ1n) is 5.03. The fraction of sp³-hybridized carbons (Fsp3) is 1.00. The van der Waals surface area contributed by atoms with Gasteiger partial charge in [-0.25, -0.2) is 0 Å². The van der Waals surface area contributed by atoms with Crippen LogP contribution in [-0.4, -0.2) is 29.3 Å². The number of hydrogen-bond donors (Lipinski definition) is 1. The summed E-state index contributed by atoms with van der Waals surface area (Å²) in [6.45, 7) is 6.21.